The van der Waals surface area contributed by atoms with Crippen LogP contribution in [0.15, 0.2) is 10.4 Å². The molecule has 3 N–H and O–H groups in total. The van der Waals surface area contributed by atoms with E-state index in [9.17, 15) is 4.79 Å². The molecule has 30 heavy (non-hydrogen) atoms. The average molecular weight is 439 g/mol. The molecular weight excluding hydrogens is 400 g/mol. The summed E-state index contributed by atoms with van der Waals surface area (Å²) in [5.74, 6) is 1.40. The number of amides is 1. The smallest absolute Gasteiger partial charge is 0.407 e. The van der Waals surface area contributed by atoms with Gasteiger partial charge in [-0.15, -0.1) is 11.3 Å². The van der Waals surface area contributed by atoms with Gasteiger partial charge in [0.1, 0.15) is 5.60 Å². The molecule has 0 aliphatic carbocycles. The fraction of sp³-hybridized carbons (Fsp3) is 0.762. The molecule has 0 aromatic carbocycles. The van der Waals surface area contributed by atoms with Gasteiger partial charge in [-0.1, -0.05) is 6.92 Å². The quantitative estimate of drug-likeness (QED) is 0.328. The average Bonchev–Trinajstić information content (AvgIpc) is 3.15. The first-order valence-corrected chi connectivity index (χ1v) is 11.7. The maximum absolute atomic E-state index is 11.6. The zero-order valence-corrected chi connectivity index (χ0v) is 19.9. The first kappa shape index (κ1) is 24.4. The molecule has 1 aliphatic heterocycles. The van der Waals surface area contributed by atoms with Crippen LogP contribution in [0.2, 0.25) is 0 Å². The molecule has 0 spiro atoms. The van der Waals surface area contributed by atoms with Gasteiger partial charge < -0.3 is 20.7 Å². The molecule has 170 valence electrons. The summed E-state index contributed by atoms with van der Waals surface area (Å²) in [6.07, 6.45) is 2.97. The first-order valence-electron chi connectivity index (χ1n) is 10.9. The van der Waals surface area contributed by atoms with E-state index in [1.54, 1.807) is 18.4 Å². The van der Waals surface area contributed by atoms with Gasteiger partial charge in [0.2, 0.25) is 0 Å². The summed E-state index contributed by atoms with van der Waals surface area (Å²) in [6.45, 7) is 12.9. The molecule has 0 unspecified atom stereocenters. The predicted molar refractivity (Wildman–Crippen MR) is 123 cm³/mol. The number of thiazole rings is 1. The molecule has 1 amide bonds. The third kappa shape index (κ3) is 9.30. The number of carbonyl (C=O) groups excluding carboxylic acids is 1. The molecule has 9 heteroatoms. The van der Waals surface area contributed by atoms with Crippen molar-refractivity contribution >= 4 is 23.4 Å². The van der Waals surface area contributed by atoms with Crippen LogP contribution in [0.3, 0.4) is 0 Å². The zero-order valence-electron chi connectivity index (χ0n) is 19.1. The molecule has 0 bridgehead atoms. The van der Waals surface area contributed by atoms with Crippen LogP contribution in [0.25, 0.3) is 0 Å². The number of hydrogen-bond acceptors (Lipinski definition) is 6. The van der Waals surface area contributed by atoms with Gasteiger partial charge in [-0.05, 0) is 59.0 Å². The zero-order chi connectivity index (χ0) is 22.0. The summed E-state index contributed by atoms with van der Waals surface area (Å²) in [7, 11) is 1.76. The van der Waals surface area contributed by atoms with Gasteiger partial charge >= 0.3 is 6.09 Å². The van der Waals surface area contributed by atoms with Crippen LogP contribution < -0.4 is 16.0 Å². The third-order valence-corrected chi connectivity index (χ3v) is 5.90. The Hall–Kier alpha value is -1.87. The number of rotatable bonds is 8. The lowest BCUT2D eigenvalue weighted by molar-refractivity contribution is 0.0529. The largest absolute Gasteiger partial charge is 0.444 e. The van der Waals surface area contributed by atoms with Crippen LogP contribution in [0.5, 0.6) is 0 Å². The molecule has 1 aliphatic rings. The Kier molecular flexibility index (Phi) is 9.84. The number of ether oxygens (including phenoxy) is 1. The second-order valence-corrected chi connectivity index (χ2v) is 9.56. The van der Waals surface area contributed by atoms with Crippen LogP contribution in [0.1, 0.15) is 51.2 Å². The lowest BCUT2D eigenvalue weighted by atomic mass is 9.97. The molecule has 0 saturated carbocycles. The second-order valence-electron chi connectivity index (χ2n) is 8.61. The number of aryl methyl sites for hydroxylation is 1. The van der Waals surface area contributed by atoms with Gasteiger partial charge in [0.15, 0.2) is 5.96 Å². The molecule has 2 heterocycles. The minimum Gasteiger partial charge on any atom is -0.444 e. The normalized spacial score (nSPS) is 16.4. The number of nitrogens with one attached hydrogen (secondary N) is 3. The van der Waals surface area contributed by atoms with Crippen molar-refractivity contribution in [2.75, 3.05) is 39.8 Å². The van der Waals surface area contributed by atoms with Crippen LogP contribution >= 0.6 is 11.3 Å². The van der Waals surface area contributed by atoms with E-state index in [0.29, 0.717) is 19.0 Å². The minimum absolute atomic E-state index is 0.400. The fourth-order valence-electron chi connectivity index (χ4n) is 3.28. The number of aliphatic imine (C=N–C) groups is 1. The van der Waals surface area contributed by atoms with E-state index in [2.05, 4.69) is 43.1 Å². The van der Waals surface area contributed by atoms with Crippen LogP contribution in [0, 0.1) is 5.92 Å². The highest BCUT2D eigenvalue weighted by atomic mass is 32.1. The van der Waals surface area contributed by atoms with Crippen LogP contribution in [-0.4, -0.2) is 67.3 Å². The van der Waals surface area contributed by atoms with Gasteiger partial charge in [-0.2, -0.15) is 0 Å². The number of aromatic nitrogens is 1. The lowest BCUT2D eigenvalue weighted by Gasteiger charge is -2.31. The number of alkyl carbamates (subject to hydrolysis) is 1. The van der Waals surface area contributed by atoms with E-state index in [1.807, 2.05) is 20.8 Å². The Morgan fingerprint density at radius 2 is 1.97 bits per heavy atom. The summed E-state index contributed by atoms with van der Waals surface area (Å²) in [5.41, 5.74) is 0.724. The number of hydrogen-bond donors (Lipinski definition) is 3. The predicted octanol–water partition coefficient (Wildman–Crippen LogP) is 2.61. The Labute approximate surface area is 184 Å². The Balaban J connectivity index is 1.59. The SMILES string of the molecule is CCc1nc(CN2CCC(CNC(=NC)NCCNC(=O)OC(C)(C)C)CC2)cs1. The first-order chi connectivity index (χ1) is 14.3. The standard InChI is InChI=1S/C21H38N6O2S/c1-6-18-26-17(15-30-18)14-27-11-7-16(8-12-27)13-25-19(22-5)23-9-10-24-20(28)29-21(2,3)4/h15-16H,6-14H2,1-5H3,(H,24,28)(H2,22,23,25). The van der Waals surface area contributed by atoms with Gasteiger partial charge in [-0.25, -0.2) is 9.78 Å². The summed E-state index contributed by atoms with van der Waals surface area (Å²) in [5, 5.41) is 12.8. The molecule has 1 fully saturated rings. The van der Waals surface area contributed by atoms with Crippen molar-refractivity contribution < 1.29 is 9.53 Å². The van der Waals surface area contributed by atoms with Crippen molar-refractivity contribution in [2.45, 2.75) is 59.1 Å². The van der Waals surface area contributed by atoms with Gasteiger partial charge in [0.05, 0.1) is 10.7 Å². The number of nitrogens with zero attached hydrogens (tertiary/aromatic N) is 3. The van der Waals surface area contributed by atoms with E-state index in [4.69, 9.17) is 4.74 Å². The maximum Gasteiger partial charge on any atom is 0.407 e. The topological polar surface area (TPSA) is 90.9 Å². The van der Waals surface area contributed by atoms with E-state index in [-0.39, 0.29) is 0 Å². The maximum atomic E-state index is 11.6. The molecule has 8 nitrogen and oxygen atoms in total. The highest BCUT2D eigenvalue weighted by Gasteiger charge is 2.20. The molecule has 0 radical (unpaired) electrons. The van der Waals surface area contributed by atoms with Gasteiger partial charge in [0.25, 0.3) is 0 Å². The van der Waals surface area contributed by atoms with Crippen molar-refractivity contribution in [3.63, 3.8) is 0 Å². The molecule has 1 aromatic heterocycles. The number of carbonyl (C=O) groups is 1. The number of likely N-dealkylation sites (tertiary alicyclic amines) is 1. The number of piperidine rings is 1. The Morgan fingerprint density at radius 1 is 1.27 bits per heavy atom. The van der Waals surface area contributed by atoms with E-state index < -0.39 is 11.7 Å². The van der Waals surface area contributed by atoms with Crippen LogP contribution in [-0.2, 0) is 17.7 Å². The van der Waals surface area contributed by atoms with Crippen LogP contribution in [0.4, 0.5) is 4.79 Å². The van der Waals surface area contributed by atoms with Crippen molar-refractivity contribution in [3.8, 4) is 0 Å². The van der Waals surface area contributed by atoms with Crippen molar-refractivity contribution in [3.05, 3.63) is 16.1 Å². The summed E-state index contributed by atoms with van der Waals surface area (Å²) in [6, 6.07) is 0. The highest BCUT2D eigenvalue weighted by molar-refractivity contribution is 7.09. The van der Waals surface area contributed by atoms with E-state index in [0.717, 1.165) is 38.6 Å². The number of guanidine groups is 1. The van der Waals surface area contributed by atoms with E-state index in [1.165, 1.54) is 23.5 Å². The summed E-state index contributed by atoms with van der Waals surface area (Å²) < 4.78 is 5.22. The van der Waals surface area contributed by atoms with Crippen molar-refractivity contribution in [1.82, 2.24) is 25.8 Å². The highest BCUT2D eigenvalue weighted by Crippen LogP contribution is 2.19. The summed E-state index contributed by atoms with van der Waals surface area (Å²) >= 11 is 1.77. The van der Waals surface area contributed by atoms with Gasteiger partial charge in [-0.3, -0.25) is 9.89 Å². The third-order valence-electron chi connectivity index (χ3n) is 4.86. The molecular formula is C21H38N6O2S. The van der Waals surface area contributed by atoms with Gasteiger partial charge in [0, 0.05) is 38.6 Å². The molecule has 1 saturated heterocycles. The monoisotopic (exact) mass is 438 g/mol. The molecule has 2 rings (SSSR count). The second kappa shape index (κ2) is 12.1. The van der Waals surface area contributed by atoms with Crippen molar-refractivity contribution in [1.29, 1.82) is 0 Å². The Morgan fingerprint density at radius 3 is 2.57 bits per heavy atom. The molecule has 0 atom stereocenters. The molecule has 1 aromatic rings. The van der Waals surface area contributed by atoms with Crippen molar-refractivity contribution in [2.24, 2.45) is 10.9 Å². The summed E-state index contributed by atoms with van der Waals surface area (Å²) in [4.78, 5) is 23.1. The van der Waals surface area contributed by atoms with E-state index >= 15 is 0 Å². The fourth-order valence-corrected chi connectivity index (χ4v) is 4.02. The Bertz CT molecular complexity index is 677. The minimum atomic E-state index is -0.483. The lowest BCUT2D eigenvalue weighted by Crippen LogP contribution is -2.45.